The Morgan fingerprint density at radius 3 is 2.76 bits per heavy atom. The van der Waals surface area contributed by atoms with Gasteiger partial charge in [0.15, 0.2) is 0 Å². The predicted octanol–water partition coefficient (Wildman–Crippen LogP) is 2.16. The van der Waals surface area contributed by atoms with Crippen LogP contribution in [-0.2, 0) is 30.2 Å². The number of nitrogens with zero attached hydrogens (tertiary/aromatic N) is 3. The zero-order valence-electron chi connectivity index (χ0n) is 14.3. The number of likely N-dealkylation sites (N-methyl/N-ethyl adjacent to an activating group) is 1. The molecule has 0 saturated carbocycles. The standard InChI is InChI=1S/C16H23F4N3O2/c1-10-5-12-11(6-22(10)2)14-16(19,20)4-3-15(24,8-23(14)21-12)9-25-7-13(17)18/h10,13,24H,3-9H2,1-2H3. The SMILES string of the molecule is CC1Cc2nn3c(c2CN1C)C(F)(F)CCC(O)(COCC(F)F)C3. The van der Waals surface area contributed by atoms with Crippen LogP contribution < -0.4 is 0 Å². The molecule has 3 heterocycles. The van der Waals surface area contributed by atoms with Crippen molar-refractivity contribution in [1.29, 1.82) is 0 Å². The van der Waals surface area contributed by atoms with Gasteiger partial charge < -0.3 is 9.84 Å². The van der Waals surface area contributed by atoms with Crippen molar-refractivity contribution in [2.45, 2.75) is 63.3 Å². The molecule has 9 heteroatoms. The van der Waals surface area contributed by atoms with Gasteiger partial charge in [0.2, 0.25) is 0 Å². The second-order valence-electron chi connectivity index (χ2n) is 7.23. The average Bonchev–Trinajstić information content (AvgIpc) is 2.78. The minimum Gasteiger partial charge on any atom is -0.386 e. The van der Waals surface area contributed by atoms with E-state index in [4.69, 9.17) is 4.74 Å². The van der Waals surface area contributed by atoms with E-state index in [-0.39, 0.29) is 24.7 Å². The van der Waals surface area contributed by atoms with Crippen LogP contribution in [0.1, 0.15) is 36.7 Å². The Balaban J connectivity index is 1.90. The number of halogens is 4. The molecule has 0 spiro atoms. The van der Waals surface area contributed by atoms with Crippen LogP contribution in [0.4, 0.5) is 17.6 Å². The number of fused-ring (bicyclic) bond motifs is 3. The van der Waals surface area contributed by atoms with Crippen LogP contribution in [0.2, 0.25) is 0 Å². The van der Waals surface area contributed by atoms with E-state index in [0.717, 1.165) is 4.68 Å². The zero-order valence-corrected chi connectivity index (χ0v) is 14.3. The van der Waals surface area contributed by atoms with Crippen LogP contribution in [0.15, 0.2) is 0 Å². The number of aromatic nitrogens is 2. The molecule has 0 aromatic carbocycles. The number of hydrogen-bond acceptors (Lipinski definition) is 4. The molecule has 0 bridgehead atoms. The predicted molar refractivity (Wildman–Crippen MR) is 81.8 cm³/mol. The number of ether oxygens (including phenoxy) is 1. The van der Waals surface area contributed by atoms with E-state index in [1.54, 1.807) is 0 Å². The lowest BCUT2D eigenvalue weighted by atomic mass is 9.94. The lowest BCUT2D eigenvalue weighted by Gasteiger charge is -2.30. The zero-order chi connectivity index (χ0) is 18.4. The van der Waals surface area contributed by atoms with Crippen molar-refractivity contribution in [1.82, 2.24) is 14.7 Å². The fraction of sp³-hybridized carbons (Fsp3) is 0.812. The van der Waals surface area contributed by atoms with Crippen molar-refractivity contribution in [3.8, 4) is 0 Å². The quantitative estimate of drug-likeness (QED) is 0.831. The van der Waals surface area contributed by atoms with Crippen molar-refractivity contribution in [3.05, 3.63) is 17.0 Å². The fourth-order valence-corrected chi connectivity index (χ4v) is 3.57. The van der Waals surface area contributed by atoms with Crippen LogP contribution >= 0.6 is 0 Å². The summed E-state index contributed by atoms with van der Waals surface area (Å²) in [7, 11) is 1.88. The van der Waals surface area contributed by atoms with Crippen molar-refractivity contribution >= 4 is 0 Å². The summed E-state index contributed by atoms with van der Waals surface area (Å²) in [6, 6.07) is 0.188. The molecule has 1 aromatic rings. The monoisotopic (exact) mass is 365 g/mol. The lowest BCUT2D eigenvalue weighted by molar-refractivity contribution is -0.0927. The molecule has 1 N–H and O–H groups in total. The van der Waals surface area contributed by atoms with Gasteiger partial charge in [-0.25, -0.2) is 8.78 Å². The highest BCUT2D eigenvalue weighted by Crippen LogP contribution is 2.43. The van der Waals surface area contributed by atoms with Crippen LogP contribution in [0.5, 0.6) is 0 Å². The first-order valence-corrected chi connectivity index (χ1v) is 8.37. The van der Waals surface area contributed by atoms with E-state index in [1.807, 2.05) is 18.9 Å². The highest BCUT2D eigenvalue weighted by molar-refractivity contribution is 5.33. The topological polar surface area (TPSA) is 50.5 Å². The molecule has 5 nitrogen and oxygen atoms in total. The highest BCUT2D eigenvalue weighted by Gasteiger charge is 2.47. The molecule has 0 fully saturated rings. The molecule has 2 atom stereocenters. The average molecular weight is 365 g/mol. The molecule has 3 rings (SSSR count). The molecular formula is C16H23F4N3O2. The number of rotatable bonds is 4. The molecule has 2 aliphatic rings. The van der Waals surface area contributed by atoms with Gasteiger partial charge in [0, 0.05) is 31.0 Å². The Morgan fingerprint density at radius 1 is 1.36 bits per heavy atom. The number of hydrogen-bond donors (Lipinski definition) is 1. The molecule has 1 aromatic heterocycles. The Hall–Kier alpha value is -1.19. The van der Waals surface area contributed by atoms with Gasteiger partial charge in [0.05, 0.1) is 18.8 Å². The third kappa shape index (κ3) is 3.68. The maximum absolute atomic E-state index is 14.7. The van der Waals surface area contributed by atoms with Crippen LogP contribution in [-0.4, -0.2) is 58.1 Å². The smallest absolute Gasteiger partial charge is 0.289 e. The summed E-state index contributed by atoms with van der Waals surface area (Å²) in [5.41, 5.74) is -0.664. The summed E-state index contributed by atoms with van der Waals surface area (Å²) in [4.78, 5) is 1.99. The van der Waals surface area contributed by atoms with Gasteiger partial charge in [-0.2, -0.15) is 13.9 Å². The Labute approximate surface area is 143 Å². The lowest BCUT2D eigenvalue weighted by Crippen LogP contribution is -2.39. The summed E-state index contributed by atoms with van der Waals surface area (Å²) < 4.78 is 59.9. The van der Waals surface area contributed by atoms with Crippen molar-refractivity contribution in [3.63, 3.8) is 0 Å². The normalized spacial score (nSPS) is 29.4. The number of aliphatic hydroxyl groups is 1. The summed E-state index contributed by atoms with van der Waals surface area (Å²) in [5.74, 6) is -3.13. The van der Waals surface area contributed by atoms with Crippen LogP contribution in [0, 0.1) is 0 Å². The summed E-state index contributed by atoms with van der Waals surface area (Å²) in [5, 5.41) is 15.0. The molecule has 0 saturated heterocycles. The first kappa shape index (κ1) is 18.6. The Bertz CT molecular complexity index is 637. The van der Waals surface area contributed by atoms with Crippen molar-refractivity contribution in [2.24, 2.45) is 0 Å². The van der Waals surface area contributed by atoms with E-state index in [1.165, 1.54) is 0 Å². The molecular weight excluding hydrogens is 342 g/mol. The Morgan fingerprint density at radius 2 is 2.08 bits per heavy atom. The van der Waals surface area contributed by atoms with Crippen LogP contribution in [0.3, 0.4) is 0 Å². The summed E-state index contributed by atoms with van der Waals surface area (Å²) in [6.45, 7) is 0.936. The second-order valence-corrected chi connectivity index (χ2v) is 7.23. The van der Waals surface area contributed by atoms with Gasteiger partial charge in [-0.3, -0.25) is 9.58 Å². The second kappa shape index (κ2) is 6.51. The first-order valence-electron chi connectivity index (χ1n) is 8.37. The van der Waals surface area contributed by atoms with Gasteiger partial charge in [-0.1, -0.05) is 0 Å². The van der Waals surface area contributed by atoms with E-state index in [9.17, 15) is 22.7 Å². The van der Waals surface area contributed by atoms with Crippen molar-refractivity contribution in [2.75, 3.05) is 20.3 Å². The van der Waals surface area contributed by atoms with Gasteiger partial charge in [-0.05, 0) is 20.4 Å². The maximum atomic E-state index is 14.7. The highest BCUT2D eigenvalue weighted by atomic mass is 19.3. The van der Waals surface area contributed by atoms with Gasteiger partial charge in [0.1, 0.15) is 17.9 Å². The van der Waals surface area contributed by atoms with Crippen LogP contribution in [0.25, 0.3) is 0 Å². The molecule has 2 unspecified atom stereocenters. The third-order valence-corrected chi connectivity index (χ3v) is 5.09. The van der Waals surface area contributed by atoms with E-state index in [2.05, 4.69) is 5.10 Å². The minimum absolute atomic E-state index is 0.161. The van der Waals surface area contributed by atoms with Gasteiger partial charge >= 0.3 is 0 Å². The Kier molecular flexibility index (Phi) is 4.85. The van der Waals surface area contributed by atoms with E-state index >= 15 is 0 Å². The summed E-state index contributed by atoms with van der Waals surface area (Å²) >= 11 is 0. The largest absolute Gasteiger partial charge is 0.386 e. The molecule has 0 amide bonds. The number of alkyl halides is 4. The molecule has 2 aliphatic heterocycles. The molecule has 25 heavy (non-hydrogen) atoms. The first-order chi connectivity index (χ1) is 11.6. The molecule has 0 aliphatic carbocycles. The minimum atomic E-state index is -3.13. The molecule has 142 valence electrons. The fourth-order valence-electron chi connectivity index (χ4n) is 3.57. The van der Waals surface area contributed by atoms with Crippen molar-refractivity contribution < 1.29 is 27.4 Å². The third-order valence-electron chi connectivity index (χ3n) is 5.09. The summed E-state index contributed by atoms with van der Waals surface area (Å²) in [6.07, 6.45) is -2.92. The maximum Gasteiger partial charge on any atom is 0.289 e. The van der Waals surface area contributed by atoms with Gasteiger partial charge in [-0.15, -0.1) is 0 Å². The molecule has 0 radical (unpaired) electrons. The van der Waals surface area contributed by atoms with E-state index < -0.39 is 37.6 Å². The van der Waals surface area contributed by atoms with E-state index in [0.29, 0.717) is 24.2 Å². The van der Waals surface area contributed by atoms with Gasteiger partial charge in [0.25, 0.3) is 12.3 Å².